The third-order valence-corrected chi connectivity index (χ3v) is 6.33. The van der Waals surface area contributed by atoms with Crippen molar-refractivity contribution in [3.8, 4) is 11.5 Å². The van der Waals surface area contributed by atoms with Gasteiger partial charge in [-0.15, -0.1) is 6.58 Å². The largest absolute Gasteiger partial charge is 0.493 e. The Kier molecular flexibility index (Phi) is 7.89. The highest BCUT2D eigenvalue weighted by atomic mass is 79.9. The number of para-hydroxylation sites is 1. The van der Waals surface area contributed by atoms with Gasteiger partial charge in [-0.1, -0.05) is 52.3 Å². The number of methoxy groups -OCH3 is 1. The Bertz CT molecular complexity index is 1410. The number of benzene rings is 3. The molecule has 0 spiro atoms. The number of aryl methyl sites for hydroxylation is 1. The van der Waals surface area contributed by atoms with Gasteiger partial charge in [0.05, 0.1) is 12.8 Å². The fourth-order valence-electron chi connectivity index (χ4n) is 3.98. The number of imide groups is 2. The van der Waals surface area contributed by atoms with E-state index in [0.29, 0.717) is 35.8 Å². The van der Waals surface area contributed by atoms with Crippen molar-refractivity contribution in [3.63, 3.8) is 0 Å². The van der Waals surface area contributed by atoms with Crippen LogP contribution < -0.4 is 19.7 Å². The molecule has 1 aliphatic heterocycles. The third-order valence-electron chi connectivity index (χ3n) is 5.80. The smallest absolute Gasteiger partial charge is 0.335 e. The van der Waals surface area contributed by atoms with E-state index in [0.717, 1.165) is 26.1 Å². The molecule has 0 radical (unpaired) electrons. The normalized spacial score (nSPS) is 14.5. The number of anilines is 1. The molecule has 1 saturated heterocycles. The van der Waals surface area contributed by atoms with Crippen LogP contribution in [0, 0.1) is 6.92 Å². The van der Waals surface area contributed by atoms with Crippen LogP contribution in [0.2, 0.25) is 0 Å². The van der Waals surface area contributed by atoms with Crippen molar-refractivity contribution in [3.05, 3.63) is 106 Å². The quantitative estimate of drug-likeness (QED) is 0.216. The molecule has 8 heteroatoms. The molecule has 4 amide bonds. The van der Waals surface area contributed by atoms with Gasteiger partial charge in [0.25, 0.3) is 11.8 Å². The van der Waals surface area contributed by atoms with Gasteiger partial charge in [0.15, 0.2) is 11.5 Å². The van der Waals surface area contributed by atoms with E-state index in [-0.39, 0.29) is 5.57 Å². The Labute approximate surface area is 223 Å². The highest BCUT2D eigenvalue weighted by Crippen LogP contribution is 2.35. The van der Waals surface area contributed by atoms with Crippen LogP contribution in [0.25, 0.3) is 6.08 Å². The summed E-state index contributed by atoms with van der Waals surface area (Å²) < 4.78 is 12.7. The van der Waals surface area contributed by atoms with Crippen molar-refractivity contribution in [2.75, 3.05) is 12.0 Å². The van der Waals surface area contributed by atoms with Crippen LogP contribution in [-0.4, -0.2) is 25.0 Å². The van der Waals surface area contributed by atoms with Gasteiger partial charge in [0.1, 0.15) is 12.2 Å². The van der Waals surface area contributed by atoms with Crippen LogP contribution >= 0.6 is 15.9 Å². The van der Waals surface area contributed by atoms with Crippen molar-refractivity contribution in [2.45, 2.75) is 20.0 Å². The Balaban J connectivity index is 1.70. The topological polar surface area (TPSA) is 84.9 Å². The van der Waals surface area contributed by atoms with Gasteiger partial charge in [-0.2, -0.15) is 0 Å². The van der Waals surface area contributed by atoms with Gasteiger partial charge >= 0.3 is 6.03 Å². The van der Waals surface area contributed by atoms with Crippen LogP contribution in [0.3, 0.4) is 0 Å². The fraction of sp³-hybridized carbons (Fsp3) is 0.138. The molecule has 1 fully saturated rings. The molecule has 7 nitrogen and oxygen atoms in total. The number of hydrogen-bond acceptors (Lipinski definition) is 5. The molecule has 0 aromatic heterocycles. The van der Waals surface area contributed by atoms with E-state index in [9.17, 15) is 14.4 Å². The van der Waals surface area contributed by atoms with E-state index in [1.54, 1.807) is 43.3 Å². The van der Waals surface area contributed by atoms with Crippen LogP contribution in [0.4, 0.5) is 10.5 Å². The van der Waals surface area contributed by atoms with Crippen molar-refractivity contribution in [2.24, 2.45) is 0 Å². The zero-order valence-electron chi connectivity index (χ0n) is 20.4. The molecule has 0 unspecified atom stereocenters. The van der Waals surface area contributed by atoms with Crippen molar-refractivity contribution in [1.82, 2.24) is 5.32 Å². The predicted octanol–water partition coefficient (Wildman–Crippen LogP) is 5.74. The molecule has 3 aromatic carbocycles. The molecule has 0 bridgehead atoms. The van der Waals surface area contributed by atoms with Crippen LogP contribution in [0.5, 0.6) is 11.5 Å². The number of ether oxygens (including phenoxy) is 2. The lowest BCUT2D eigenvalue weighted by atomic mass is 10.0. The zero-order chi connectivity index (χ0) is 26.5. The Morgan fingerprint density at radius 1 is 1.05 bits per heavy atom. The van der Waals surface area contributed by atoms with Gasteiger partial charge in [-0.3, -0.25) is 14.9 Å². The van der Waals surface area contributed by atoms with E-state index in [1.165, 1.54) is 13.2 Å². The summed E-state index contributed by atoms with van der Waals surface area (Å²) in [7, 11) is 1.52. The molecule has 0 aliphatic carbocycles. The van der Waals surface area contributed by atoms with Crippen LogP contribution in [0.15, 0.2) is 83.4 Å². The van der Waals surface area contributed by atoms with Crippen molar-refractivity contribution >= 4 is 45.5 Å². The third kappa shape index (κ3) is 5.65. The van der Waals surface area contributed by atoms with Gasteiger partial charge in [-0.25, -0.2) is 9.69 Å². The SMILES string of the molecule is C=CCc1cc(/C=C2\C(=O)NC(=O)N(c3ccccc3C)C2=O)cc(OC)c1OCc1ccc(Br)cc1. The van der Waals surface area contributed by atoms with E-state index in [4.69, 9.17) is 9.47 Å². The molecule has 1 aliphatic rings. The maximum Gasteiger partial charge on any atom is 0.335 e. The highest BCUT2D eigenvalue weighted by molar-refractivity contribution is 9.10. The van der Waals surface area contributed by atoms with Crippen molar-refractivity contribution < 1.29 is 23.9 Å². The minimum absolute atomic E-state index is 0.169. The summed E-state index contributed by atoms with van der Waals surface area (Å²) in [5.41, 5.74) is 3.26. The summed E-state index contributed by atoms with van der Waals surface area (Å²) in [6.07, 6.45) is 3.65. The number of carbonyl (C=O) groups excluding carboxylic acids is 3. The average Bonchev–Trinajstić information content (AvgIpc) is 2.88. The number of allylic oxidation sites excluding steroid dienone is 1. The zero-order valence-corrected chi connectivity index (χ0v) is 22.0. The van der Waals surface area contributed by atoms with Gasteiger partial charge in [0.2, 0.25) is 0 Å². The number of nitrogens with one attached hydrogen (secondary N) is 1. The number of urea groups is 1. The summed E-state index contributed by atoms with van der Waals surface area (Å²) in [5, 5.41) is 2.26. The maximum absolute atomic E-state index is 13.3. The Morgan fingerprint density at radius 2 is 1.78 bits per heavy atom. The first kappa shape index (κ1) is 25.9. The summed E-state index contributed by atoms with van der Waals surface area (Å²) in [6.45, 7) is 5.94. The first-order valence-electron chi connectivity index (χ1n) is 11.5. The van der Waals surface area contributed by atoms with Gasteiger partial charge in [0, 0.05) is 10.0 Å². The second kappa shape index (κ2) is 11.3. The van der Waals surface area contributed by atoms with E-state index < -0.39 is 17.8 Å². The van der Waals surface area contributed by atoms with Gasteiger partial charge < -0.3 is 9.47 Å². The molecule has 0 atom stereocenters. The first-order valence-corrected chi connectivity index (χ1v) is 12.3. The van der Waals surface area contributed by atoms with Gasteiger partial charge in [-0.05, 0) is 66.4 Å². The fourth-order valence-corrected chi connectivity index (χ4v) is 4.25. The summed E-state index contributed by atoms with van der Waals surface area (Å²) in [5.74, 6) is -0.482. The molecule has 1 N–H and O–H groups in total. The minimum Gasteiger partial charge on any atom is -0.493 e. The lowest BCUT2D eigenvalue weighted by Gasteiger charge is -2.27. The summed E-state index contributed by atoms with van der Waals surface area (Å²) >= 11 is 3.43. The summed E-state index contributed by atoms with van der Waals surface area (Å²) in [4.78, 5) is 39.5. The molecule has 3 aromatic rings. The summed E-state index contributed by atoms with van der Waals surface area (Å²) in [6, 6.07) is 17.5. The maximum atomic E-state index is 13.3. The lowest BCUT2D eigenvalue weighted by Crippen LogP contribution is -2.54. The first-order chi connectivity index (χ1) is 17.8. The number of barbiturate groups is 1. The second-order valence-electron chi connectivity index (χ2n) is 8.36. The molecule has 4 rings (SSSR count). The lowest BCUT2D eigenvalue weighted by molar-refractivity contribution is -0.122. The highest BCUT2D eigenvalue weighted by Gasteiger charge is 2.37. The average molecular weight is 561 g/mol. The molecule has 188 valence electrons. The standard InChI is InChI=1S/C29H25BrN2O5/c1-4-7-21-14-20(16-25(36-3)26(21)37-17-19-10-12-22(30)13-11-19)15-23-27(33)31-29(35)32(28(23)34)24-9-6-5-8-18(24)2/h4-6,8-16H,1,7,17H2,2-3H3,(H,31,33,35)/b23-15+. The number of carbonyl (C=O) groups is 3. The van der Waals surface area contributed by atoms with E-state index >= 15 is 0 Å². The molecule has 1 heterocycles. The molecular formula is C29H25BrN2O5. The second-order valence-corrected chi connectivity index (χ2v) is 9.28. The molecule has 37 heavy (non-hydrogen) atoms. The molecule has 0 saturated carbocycles. The minimum atomic E-state index is -0.789. The predicted molar refractivity (Wildman–Crippen MR) is 146 cm³/mol. The number of hydrogen-bond donors (Lipinski definition) is 1. The monoisotopic (exact) mass is 560 g/mol. The number of rotatable bonds is 8. The number of amides is 4. The van der Waals surface area contributed by atoms with Crippen LogP contribution in [0.1, 0.15) is 22.3 Å². The van der Waals surface area contributed by atoms with E-state index in [2.05, 4.69) is 27.8 Å². The number of nitrogens with zero attached hydrogens (tertiary/aromatic N) is 1. The van der Waals surface area contributed by atoms with Crippen LogP contribution in [-0.2, 0) is 22.6 Å². The van der Waals surface area contributed by atoms with E-state index in [1.807, 2.05) is 30.3 Å². The van der Waals surface area contributed by atoms with Crippen molar-refractivity contribution in [1.29, 1.82) is 0 Å². The Hall–Kier alpha value is -4.17. The number of halogens is 1. The Morgan fingerprint density at radius 3 is 2.46 bits per heavy atom. The molecular weight excluding hydrogens is 536 g/mol.